The van der Waals surface area contributed by atoms with Crippen molar-refractivity contribution in [2.24, 2.45) is 0 Å². The lowest BCUT2D eigenvalue weighted by Crippen LogP contribution is -2.29. The number of ether oxygens (including phenoxy) is 1. The Morgan fingerprint density at radius 3 is 3.27 bits per heavy atom. The van der Waals surface area contributed by atoms with Gasteiger partial charge in [0.05, 0.1) is 15.3 Å². The Bertz CT molecular complexity index is 437. The number of aromatic nitrogens is 1. The molecular formula is C6H8BNO3. The molecule has 1 heterocycles. The van der Waals surface area contributed by atoms with Gasteiger partial charge in [0, 0.05) is 12.2 Å². The zero-order chi connectivity index (χ0) is 13.4. The average molecular weight is 159 g/mol. The molecule has 0 amide bonds. The standard InChI is InChI=1S/C6H8BNO3/c1-11-6-4-5(7(9)10)2-3-8-6/h2-4,9-10H,1H3/i1D3,2D,3D,4D. The van der Waals surface area contributed by atoms with E-state index in [1.54, 1.807) is 0 Å². The van der Waals surface area contributed by atoms with Gasteiger partial charge in [-0.1, -0.05) is 0 Å². The highest BCUT2D eigenvalue weighted by molar-refractivity contribution is 6.58. The van der Waals surface area contributed by atoms with Crippen LogP contribution in [0.2, 0.25) is 0 Å². The van der Waals surface area contributed by atoms with Gasteiger partial charge in [-0.25, -0.2) is 4.98 Å². The van der Waals surface area contributed by atoms with Crippen LogP contribution in [0.3, 0.4) is 0 Å². The Balaban J connectivity index is 3.34. The largest absolute Gasteiger partial charge is 0.488 e. The van der Waals surface area contributed by atoms with Gasteiger partial charge < -0.3 is 14.8 Å². The van der Waals surface area contributed by atoms with Crippen molar-refractivity contribution in [2.75, 3.05) is 7.04 Å². The minimum Gasteiger partial charge on any atom is -0.481 e. The molecule has 4 nitrogen and oxygen atoms in total. The highest BCUT2D eigenvalue weighted by Crippen LogP contribution is 1.99. The number of hydrogen-bond acceptors (Lipinski definition) is 4. The van der Waals surface area contributed by atoms with E-state index in [0.29, 0.717) is 0 Å². The Labute approximate surface area is 73.0 Å². The van der Waals surface area contributed by atoms with Crippen LogP contribution >= 0.6 is 0 Å². The number of hydrogen-bond donors (Lipinski definition) is 2. The second kappa shape index (κ2) is 3.36. The minimum absolute atomic E-state index is 0.621. The fraction of sp³-hybridized carbons (Fsp3) is 0.167. The lowest BCUT2D eigenvalue weighted by molar-refractivity contribution is 0.396. The van der Waals surface area contributed by atoms with Gasteiger partial charge in [0.25, 0.3) is 0 Å². The molecule has 0 aliphatic rings. The smallest absolute Gasteiger partial charge is 0.481 e. The van der Waals surface area contributed by atoms with Gasteiger partial charge in [-0.15, -0.1) is 0 Å². The molecule has 2 N–H and O–H groups in total. The van der Waals surface area contributed by atoms with E-state index in [-0.39, 0.29) is 0 Å². The second-order valence-corrected chi connectivity index (χ2v) is 1.67. The molecule has 0 spiro atoms. The van der Waals surface area contributed by atoms with Crippen LogP contribution in [0.15, 0.2) is 18.3 Å². The summed E-state index contributed by atoms with van der Waals surface area (Å²) in [5.74, 6) is -0.742. The van der Waals surface area contributed by atoms with E-state index < -0.39 is 43.8 Å². The molecular weight excluding hydrogens is 145 g/mol. The second-order valence-electron chi connectivity index (χ2n) is 1.67. The van der Waals surface area contributed by atoms with Crippen molar-refractivity contribution in [3.63, 3.8) is 0 Å². The molecule has 11 heavy (non-hydrogen) atoms. The third-order valence-corrected chi connectivity index (χ3v) is 0.944. The van der Waals surface area contributed by atoms with Crippen molar-refractivity contribution in [3.8, 4) is 5.88 Å². The predicted octanol–water partition coefficient (Wildman–Crippen LogP) is -1.23. The summed E-state index contributed by atoms with van der Waals surface area (Å²) in [6.45, 7) is 0. The monoisotopic (exact) mass is 159 g/mol. The Hall–Kier alpha value is -1.07. The van der Waals surface area contributed by atoms with E-state index in [1.807, 2.05) is 0 Å². The van der Waals surface area contributed by atoms with E-state index in [2.05, 4.69) is 9.72 Å². The third kappa shape index (κ3) is 1.93. The Morgan fingerprint density at radius 1 is 1.82 bits per heavy atom. The summed E-state index contributed by atoms with van der Waals surface area (Å²) in [5, 5.41) is 17.9. The molecule has 0 fully saturated rings. The first-order chi connectivity index (χ1) is 7.63. The Morgan fingerprint density at radius 2 is 2.64 bits per heavy atom. The molecule has 0 bridgehead atoms. The van der Waals surface area contributed by atoms with Gasteiger partial charge >= 0.3 is 7.12 Å². The van der Waals surface area contributed by atoms with Crippen LogP contribution in [0.5, 0.6) is 5.88 Å². The third-order valence-electron chi connectivity index (χ3n) is 0.944. The lowest BCUT2D eigenvalue weighted by atomic mass is 9.81. The maximum absolute atomic E-state index is 8.94. The molecule has 0 aromatic carbocycles. The minimum atomic E-state index is -2.88. The molecule has 0 aliphatic carbocycles. The maximum Gasteiger partial charge on any atom is 0.488 e. The summed E-state index contributed by atoms with van der Waals surface area (Å²) >= 11 is 0. The summed E-state index contributed by atoms with van der Waals surface area (Å²) in [4.78, 5) is 3.29. The summed E-state index contributed by atoms with van der Waals surface area (Å²) in [6.07, 6.45) is -0.705. The van der Waals surface area contributed by atoms with Crippen LogP contribution in [0, 0.1) is 0 Å². The van der Waals surface area contributed by atoms with E-state index in [9.17, 15) is 0 Å². The number of pyridine rings is 1. The topological polar surface area (TPSA) is 62.6 Å². The van der Waals surface area contributed by atoms with Gasteiger partial charge in [-0.3, -0.25) is 0 Å². The van der Waals surface area contributed by atoms with Crippen LogP contribution in [-0.4, -0.2) is 29.2 Å². The summed E-state index contributed by atoms with van der Waals surface area (Å²) in [5.41, 5.74) is -0.621. The van der Waals surface area contributed by atoms with Gasteiger partial charge in [0.1, 0.15) is 0 Å². The zero-order valence-electron chi connectivity index (χ0n) is 11.3. The van der Waals surface area contributed by atoms with Crippen LogP contribution in [0.1, 0.15) is 8.22 Å². The first-order valence-electron chi connectivity index (χ1n) is 5.66. The van der Waals surface area contributed by atoms with E-state index in [0.717, 1.165) is 0 Å². The molecule has 1 rings (SSSR count). The quantitative estimate of drug-likeness (QED) is 0.530. The normalized spacial score (nSPS) is 18.4. The van der Waals surface area contributed by atoms with Gasteiger partial charge in [0.15, 0.2) is 0 Å². The highest BCUT2D eigenvalue weighted by Gasteiger charge is 2.10. The molecule has 1 aromatic rings. The van der Waals surface area contributed by atoms with Crippen LogP contribution in [0.4, 0.5) is 0 Å². The zero-order valence-corrected chi connectivity index (χ0v) is 5.33. The number of rotatable bonds is 2. The van der Waals surface area contributed by atoms with Crippen molar-refractivity contribution in [2.45, 2.75) is 0 Å². The van der Waals surface area contributed by atoms with Crippen molar-refractivity contribution in [1.82, 2.24) is 4.98 Å². The Kier molecular flexibility index (Phi) is 0.955. The highest BCUT2D eigenvalue weighted by atomic mass is 16.5. The van der Waals surface area contributed by atoms with Crippen molar-refractivity contribution >= 4 is 12.6 Å². The maximum atomic E-state index is 8.94. The molecule has 5 heteroatoms. The summed E-state index contributed by atoms with van der Waals surface area (Å²) in [7, 11) is -5.06. The fourth-order valence-corrected chi connectivity index (χ4v) is 0.491. The van der Waals surface area contributed by atoms with Crippen molar-refractivity contribution in [3.05, 3.63) is 18.3 Å². The van der Waals surface area contributed by atoms with Crippen molar-refractivity contribution < 1.29 is 23.0 Å². The molecule has 0 saturated heterocycles. The SMILES string of the molecule is [2H]c1nc(OC([2H])([2H])[2H])c([2H])c(B(O)O)c1[2H]. The molecule has 0 atom stereocenters. The molecule has 58 valence electrons. The fourth-order valence-electron chi connectivity index (χ4n) is 0.491. The summed E-state index contributed by atoms with van der Waals surface area (Å²) < 4.78 is 46.8. The van der Waals surface area contributed by atoms with Crippen LogP contribution < -0.4 is 10.2 Å². The molecule has 0 aliphatic heterocycles. The average Bonchev–Trinajstić information content (AvgIpc) is 2.11. The lowest BCUT2D eigenvalue weighted by Gasteiger charge is -2.00. The number of methoxy groups -OCH3 is 1. The van der Waals surface area contributed by atoms with E-state index in [1.165, 1.54) is 0 Å². The molecule has 1 aromatic heterocycles. The first kappa shape index (κ1) is 3.12. The van der Waals surface area contributed by atoms with E-state index in [4.69, 9.17) is 18.3 Å². The van der Waals surface area contributed by atoms with Crippen molar-refractivity contribution in [1.29, 1.82) is 0 Å². The molecule has 0 unspecified atom stereocenters. The van der Waals surface area contributed by atoms with Crippen LogP contribution in [-0.2, 0) is 0 Å². The van der Waals surface area contributed by atoms with Gasteiger partial charge in [-0.2, -0.15) is 0 Å². The van der Waals surface area contributed by atoms with Crippen LogP contribution in [0.25, 0.3) is 0 Å². The molecule has 0 saturated carbocycles. The van der Waals surface area contributed by atoms with E-state index >= 15 is 0 Å². The predicted molar refractivity (Wildman–Crippen MR) is 40.6 cm³/mol. The molecule has 0 radical (unpaired) electrons. The number of nitrogens with zero attached hydrogens (tertiary/aromatic N) is 1. The first-order valence-corrected chi connectivity index (χ1v) is 2.66. The van der Waals surface area contributed by atoms with Gasteiger partial charge in [-0.05, 0) is 11.5 Å². The summed E-state index contributed by atoms with van der Waals surface area (Å²) in [6, 6.07) is -1.40. The van der Waals surface area contributed by atoms with Gasteiger partial charge in [0.2, 0.25) is 5.88 Å².